The largest absolute Gasteiger partial charge is 0.466 e. The second-order valence-corrected chi connectivity index (χ2v) is 7.09. The van der Waals surface area contributed by atoms with Gasteiger partial charge in [-0.3, -0.25) is 0 Å². The van der Waals surface area contributed by atoms with Gasteiger partial charge in [-0.05, 0) is 33.8 Å². The average molecular weight is 442 g/mol. The maximum atomic E-state index is 12.6. The molecule has 9 heteroatoms. The van der Waals surface area contributed by atoms with E-state index in [9.17, 15) is 14.4 Å². The van der Waals surface area contributed by atoms with Crippen LogP contribution in [-0.2, 0) is 19.1 Å². The van der Waals surface area contributed by atoms with Crippen LogP contribution in [0.1, 0.15) is 32.1 Å². The Balaban J connectivity index is 2.71. The van der Waals surface area contributed by atoms with Crippen molar-refractivity contribution in [2.45, 2.75) is 27.7 Å². The van der Waals surface area contributed by atoms with Crippen LogP contribution < -0.4 is 10.9 Å². The summed E-state index contributed by atoms with van der Waals surface area (Å²) in [6.07, 6.45) is 1.39. The average Bonchev–Trinajstić information content (AvgIpc) is 2.60. The first-order chi connectivity index (χ1) is 13.6. The number of allylic oxidation sites excluding steroid dienone is 3. The fourth-order valence-electron chi connectivity index (χ4n) is 3.09. The van der Waals surface area contributed by atoms with Crippen LogP contribution in [-0.4, -0.2) is 25.7 Å². The Hall–Kier alpha value is -2.51. The van der Waals surface area contributed by atoms with Crippen molar-refractivity contribution < 1.29 is 23.5 Å². The van der Waals surface area contributed by atoms with E-state index in [1.54, 1.807) is 27.7 Å². The molecule has 7 nitrogen and oxygen atoms in total. The van der Waals surface area contributed by atoms with E-state index in [0.29, 0.717) is 17.2 Å². The summed E-state index contributed by atoms with van der Waals surface area (Å²) in [5, 5.41) is 3.01. The summed E-state index contributed by atoms with van der Waals surface area (Å²) in [6.45, 7) is 6.73. The number of nitrogens with one attached hydrogen (secondary N) is 1. The van der Waals surface area contributed by atoms with E-state index in [1.165, 1.54) is 19.3 Å². The van der Waals surface area contributed by atoms with Gasteiger partial charge in [0.25, 0.3) is 0 Å². The molecule has 0 radical (unpaired) electrons. The fourth-order valence-corrected chi connectivity index (χ4v) is 3.77. The van der Waals surface area contributed by atoms with E-state index in [2.05, 4.69) is 5.32 Å². The molecule has 1 aromatic rings. The molecular weight excluding hydrogens is 421 g/mol. The zero-order chi connectivity index (χ0) is 21.9. The van der Waals surface area contributed by atoms with Crippen molar-refractivity contribution in [1.82, 2.24) is 5.32 Å². The van der Waals surface area contributed by atoms with Gasteiger partial charge in [-0.25, -0.2) is 14.4 Å². The maximum Gasteiger partial charge on any atom is 0.346 e. The zero-order valence-electron chi connectivity index (χ0n) is 16.6. The van der Waals surface area contributed by atoms with Gasteiger partial charge >= 0.3 is 17.6 Å². The van der Waals surface area contributed by atoms with Gasteiger partial charge in [-0.1, -0.05) is 29.3 Å². The fraction of sp³-hybridized carbons (Fsp3) is 0.350. The highest BCUT2D eigenvalue weighted by atomic mass is 35.5. The number of halogens is 2. The minimum absolute atomic E-state index is 0.0693. The second kappa shape index (κ2) is 9.33. The van der Waals surface area contributed by atoms with Crippen molar-refractivity contribution in [2.24, 2.45) is 5.92 Å². The molecule has 1 aliphatic rings. The summed E-state index contributed by atoms with van der Waals surface area (Å²) in [5.74, 6) is -1.88. The van der Waals surface area contributed by atoms with Gasteiger partial charge in [-0.15, -0.1) is 0 Å². The third kappa shape index (κ3) is 4.74. The number of dihydropyridines is 1. The Bertz CT molecular complexity index is 1000. The molecule has 2 heterocycles. The van der Waals surface area contributed by atoms with Crippen molar-refractivity contribution in [2.75, 3.05) is 13.7 Å². The predicted octanol–water partition coefficient (Wildman–Crippen LogP) is 3.68. The first-order valence-corrected chi connectivity index (χ1v) is 9.49. The van der Waals surface area contributed by atoms with Gasteiger partial charge in [-0.2, -0.15) is 0 Å². The zero-order valence-corrected chi connectivity index (χ0v) is 18.2. The van der Waals surface area contributed by atoms with Crippen molar-refractivity contribution in [3.05, 3.63) is 61.4 Å². The number of rotatable bonds is 5. The Kier molecular flexibility index (Phi) is 7.32. The van der Waals surface area contributed by atoms with Crippen molar-refractivity contribution in [1.29, 1.82) is 0 Å². The molecule has 0 aliphatic carbocycles. The summed E-state index contributed by atoms with van der Waals surface area (Å²) in [7, 11) is 1.23. The summed E-state index contributed by atoms with van der Waals surface area (Å²) < 4.78 is 15.1. The number of carbonyl (C=O) groups is 2. The lowest BCUT2D eigenvalue weighted by atomic mass is 9.84. The third-order valence-corrected chi connectivity index (χ3v) is 4.90. The smallest absolute Gasteiger partial charge is 0.346 e. The van der Waals surface area contributed by atoms with Crippen molar-refractivity contribution >= 4 is 40.2 Å². The molecule has 1 aliphatic heterocycles. The number of ether oxygens (including phenoxy) is 2. The normalized spacial score (nSPS) is 17.2. The molecule has 0 bridgehead atoms. The van der Waals surface area contributed by atoms with Gasteiger partial charge in [0.05, 0.1) is 40.5 Å². The highest BCUT2D eigenvalue weighted by Crippen LogP contribution is 2.36. The number of methoxy groups -OCH3 is 1. The summed E-state index contributed by atoms with van der Waals surface area (Å²) >= 11 is 12.6. The lowest BCUT2D eigenvalue weighted by molar-refractivity contribution is -0.139. The highest BCUT2D eigenvalue weighted by molar-refractivity contribution is 6.50. The standard InChI is InChI=1S/C20H21Cl2NO6/c1-6-28-19(25)16-11(4)23-10(3)15(18(24)27-5)12(16)8-14(22)17-13(21)7-9(2)29-20(17)26/h7-8,12,23H,6H2,1-5H3/b14-8-. The maximum absolute atomic E-state index is 12.6. The van der Waals surface area contributed by atoms with Crippen LogP contribution in [0.15, 0.2) is 43.9 Å². The van der Waals surface area contributed by atoms with Gasteiger partial charge in [0, 0.05) is 17.3 Å². The SMILES string of the molecule is CCOC(=O)C1=C(C)NC(C)=C(C(=O)OC)C1/C=C(\Cl)c1c(Cl)cc(C)oc1=O. The molecule has 0 spiro atoms. The van der Waals surface area contributed by atoms with Crippen molar-refractivity contribution in [3.63, 3.8) is 0 Å². The summed E-state index contributed by atoms with van der Waals surface area (Å²) in [5.41, 5.74) is 0.496. The lowest BCUT2D eigenvalue weighted by Gasteiger charge is -2.28. The molecule has 0 fully saturated rings. The summed E-state index contributed by atoms with van der Waals surface area (Å²) in [4.78, 5) is 37.3. The highest BCUT2D eigenvalue weighted by Gasteiger charge is 2.36. The van der Waals surface area contributed by atoms with E-state index in [1.807, 2.05) is 0 Å². The van der Waals surface area contributed by atoms with Crippen LogP contribution in [0.2, 0.25) is 5.02 Å². The molecular formula is C20H21Cl2NO6. The number of hydrogen-bond acceptors (Lipinski definition) is 7. The molecule has 29 heavy (non-hydrogen) atoms. The monoisotopic (exact) mass is 441 g/mol. The number of carbonyl (C=O) groups excluding carboxylic acids is 2. The topological polar surface area (TPSA) is 94.8 Å². The van der Waals surface area contributed by atoms with E-state index < -0.39 is 23.5 Å². The van der Waals surface area contributed by atoms with Crippen LogP contribution in [0.25, 0.3) is 5.03 Å². The third-order valence-electron chi connectivity index (χ3n) is 4.28. The first-order valence-electron chi connectivity index (χ1n) is 8.74. The van der Waals surface area contributed by atoms with Crippen LogP contribution in [0.5, 0.6) is 0 Å². The molecule has 1 atom stereocenters. The van der Waals surface area contributed by atoms with E-state index in [-0.39, 0.29) is 33.4 Å². The van der Waals surface area contributed by atoms with Crippen LogP contribution in [0.4, 0.5) is 0 Å². The Morgan fingerprint density at radius 2 is 1.79 bits per heavy atom. The Morgan fingerprint density at radius 3 is 2.31 bits per heavy atom. The van der Waals surface area contributed by atoms with Crippen LogP contribution in [0.3, 0.4) is 0 Å². The minimum atomic E-state index is -0.924. The molecule has 1 unspecified atom stereocenters. The lowest BCUT2D eigenvalue weighted by Crippen LogP contribution is -2.32. The van der Waals surface area contributed by atoms with Gasteiger partial charge in [0.15, 0.2) is 0 Å². The second-order valence-electron chi connectivity index (χ2n) is 6.27. The molecule has 1 N–H and O–H groups in total. The van der Waals surface area contributed by atoms with Crippen LogP contribution >= 0.6 is 23.2 Å². The summed E-state index contributed by atoms with van der Waals surface area (Å²) in [6, 6.07) is 1.45. The number of hydrogen-bond donors (Lipinski definition) is 1. The molecule has 156 valence electrons. The predicted molar refractivity (Wildman–Crippen MR) is 109 cm³/mol. The molecule has 1 aromatic heterocycles. The van der Waals surface area contributed by atoms with E-state index in [0.717, 1.165) is 0 Å². The molecule has 0 saturated carbocycles. The Labute approximate surface area is 178 Å². The molecule has 2 rings (SSSR count). The minimum Gasteiger partial charge on any atom is -0.466 e. The molecule has 0 amide bonds. The quantitative estimate of drug-likeness (QED) is 0.695. The van der Waals surface area contributed by atoms with E-state index >= 15 is 0 Å². The van der Waals surface area contributed by atoms with Crippen molar-refractivity contribution in [3.8, 4) is 0 Å². The van der Waals surface area contributed by atoms with Gasteiger partial charge in [0.1, 0.15) is 5.76 Å². The van der Waals surface area contributed by atoms with Crippen LogP contribution in [0, 0.1) is 12.8 Å². The van der Waals surface area contributed by atoms with Gasteiger partial charge in [0.2, 0.25) is 0 Å². The van der Waals surface area contributed by atoms with E-state index in [4.69, 9.17) is 37.1 Å². The number of esters is 2. The molecule has 0 saturated heterocycles. The molecule has 0 aromatic carbocycles. The number of aryl methyl sites for hydroxylation is 1. The Morgan fingerprint density at radius 1 is 1.21 bits per heavy atom. The van der Waals surface area contributed by atoms with Gasteiger partial charge < -0.3 is 19.2 Å². The first kappa shape index (κ1) is 22.8.